The highest BCUT2D eigenvalue weighted by molar-refractivity contribution is 7.09. The Bertz CT molecular complexity index is 276. The molecule has 1 aromatic heterocycles. The van der Waals surface area contributed by atoms with E-state index in [9.17, 15) is 0 Å². The topological polar surface area (TPSA) is 38.9 Å². The molecule has 0 aromatic carbocycles. The van der Waals surface area contributed by atoms with Crippen molar-refractivity contribution in [2.24, 2.45) is 17.6 Å². The molecule has 1 heterocycles. The minimum Gasteiger partial charge on any atom is -0.327 e. The highest BCUT2D eigenvalue weighted by Gasteiger charge is 2.24. The molecule has 0 aliphatic heterocycles. The zero-order valence-corrected chi connectivity index (χ0v) is 10.2. The smallest absolute Gasteiger partial charge is 0.0940 e. The van der Waals surface area contributed by atoms with E-state index in [0.29, 0.717) is 6.04 Å². The largest absolute Gasteiger partial charge is 0.327 e. The Morgan fingerprint density at radius 1 is 1.47 bits per heavy atom. The first-order chi connectivity index (χ1) is 7.25. The van der Waals surface area contributed by atoms with E-state index in [4.69, 9.17) is 5.73 Å². The quantitative estimate of drug-likeness (QED) is 0.857. The standard InChI is InChI=1S/C12H20N2S/c1-9-2-4-10(5-3-9)11(13)8-12-14-6-7-15-12/h6-7,9-11H,2-5,8,13H2,1H3. The van der Waals surface area contributed by atoms with Crippen molar-refractivity contribution in [3.8, 4) is 0 Å². The third kappa shape index (κ3) is 3.02. The summed E-state index contributed by atoms with van der Waals surface area (Å²) in [6.07, 6.45) is 8.18. The number of nitrogens with zero attached hydrogens (tertiary/aromatic N) is 1. The summed E-state index contributed by atoms with van der Waals surface area (Å²) in [5, 5.41) is 3.23. The second-order valence-corrected chi connectivity index (χ2v) is 5.79. The maximum atomic E-state index is 6.25. The van der Waals surface area contributed by atoms with Crippen LogP contribution in [0.2, 0.25) is 0 Å². The molecule has 15 heavy (non-hydrogen) atoms. The van der Waals surface area contributed by atoms with Gasteiger partial charge in [0.1, 0.15) is 0 Å². The molecule has 2 rings (SSSR count). The monoisotopic (exact) mass is 224 g/mol. The van der Waals surface area contributed by atoms with Crippen molar-refractivity contribution in [1.29, 1.82) is 0 Å². The summed E-state index contributed by atoms with van der Waals surface area (Å²) >= 11 is 1.72. The van der Waals surface area contributed by atoms with Crippen LogP contribution in [0.15, 0.2) is 11.6 Å². The van der Waals surface area contributed by atoms with E-state index in [2.05, 4.69) is 11.9 Å². The third-order valence-electron chi connectivity index (χ3n) is 3.56. The minimum atomic E-state index is 0.323. The fourth-order valence-electron chi connectivity index (χ4n) is 2.44. The first kappa shape index (κ1) is 11.1. The van der Waals surface area contributed by atoms with Gasteiger partial charge < -0.3 is 5.73 Å². The highest BCUT2D eigenvalue weighted by atomic mass is 32.1. The minimum absolute atomic E-state index is 0.323. The predicted molar refractivity (Wildman–Crippen MR) is 64.9 cm³/mol. The lowest BCUT2D eigenvalue weighted by Crippen LogP contribution is -2.34. The van der Waals surface area contributed by atoms with Crippen LogP contribution >= 0.6 is 11.3 Å². The van der Waals surface area contributed by atoms with E-state index in [0.717, 1.165) is 18.3 Å². The van der Waals surface area contributed by atoms with Crippen LogP contribution in [0, 0.1) is 11.8 Å². The Balaban J connectivity index is 1.83. The summed E-state index contributed by atoms with van der Waals surface area (Å²) in [4.78, 5) is 4.30. The van der Waals surface area contributed by atoms with Crippen LogP contribution in [0.3, 0.4) is 0 Å². The second-order valence-electron chi connectivity index (χ2n) is 4.81. The fourth-order valence-corrected chi connectivity index (χ4v) is 3.13. The van der Waals surface area contributed by atoms with Gasteiger partial charge in [0.15, 0.2) is 0 Å². The van der Waals surface area contributed by atoms with Crippen molar-refractivity contribution in [2.75, 3.05) is 0 Å². The summed E-state index contributed by atoms with van der Waals surface area (Å²) < 4.78 is 0. The maximum absolute atomic E-state index is 6.25. The summed E-state index contributed by atoms with van der Waals surface area (Å²) in [6.45, 7) is 2.35. The molecule has 0 saturated heterocycles. The van der Waals surface area contributed by atoms with Crippen molar-refractivity contribution < 1.29 is 0 Å². The molecule has 1 fully saturated rings. The van der Waals surface area contributed by atoms with E-state index in [1.54, 1.807) is 11.3 Å². The average Bonchev–Trinajstić information content (AvgIpc) is 2.71. The molecule has 3 heteroatoms. The zero-order chi connectivity index (χ0) is 10.7. The van der Waals surface area contributed by atoms with Crippen molar-refractivity contribution in [1.82, 2.24) is 4.98 Å². The van der Waals surface area contributed by atoms with E-state index < -0.39 is 0 Å². The Kier molecular flexibility index (Phi) is 3.76. The molecule has 1 saturated carbocycles. The van der Waals surface area contributed by atoms with Gasteiger partial charge in [-0.05, 0) is 24.7 Å². The van der Waals surface area contributed by atoms with Crippen molar-refractivity contribution >= 4 is 11.3 Å². The summed E-state index contributed by atoms with van der Waals surface area (Å²) in [7, 11) is 0. The lowest BCUT2D eigenvalue weighted by molar-refractivity contribution is 0.253. The average molecular weight is 224 g/mol. The first-order valence-corrected chi connectivity index (χ1v) is 6.77. The molecule has 0 bridgehead atoms. The molecule has 1 aliphatic rings. The van der Waals surface area contributed by atoms with Crippen LogP contribution in [0.25, 0.3) is 0 Å². The molecule has 1 atom stereocenters. The summed E-state index contributed by atoms with van der Waals surface area (Å²) in [5.41, 5.74) is 6.25. The lowest BCUT2D eigenvalue weighted by Gasteiger charge is -2.30. The molecule has 0 amide bonds. The van der Waals surface area contributed by atoms with E-state index >= 15 is 0 Å². The van der Waals surface area contributed by atoms with E-state index in [1.165, 1.54) is 30.7 Å². The maximum Gasteiger partial charge on any atom is 0.0940 e. The molecular weight excluding hydrogens is 204 g/mol. The van der Waals surface area contributed by atoms with Gasteiger partial charge in [-0.25, -0.2) is 4.98 Å². The van der Waals surface area contributed by atoms with E-state index in [-0.39, 0.29) is 0 Å². The summed E-state index contributed by atoms with van der Waals surface area (Å²) in [6, 6.07) is 0.323. The van der Waals surface area contributed by atoms with E-state index in [1.807, 2.05) is 11.6 Å². The molecule has 0 spiro atoms. The third-order valence-corrected chi connectivity index (χ3v) is 4.36. The van der Waals surface area contributed by atoms with Gasteiger partial charge in [0.05, 0.1) is 5.01 Å². The van der Waals surface area contributed by atoms with Gasteiger partial charge in [0, 0.05) is 24.0 Å². The van der Waals surface area contributed by atoms with Crippen LogP contribution in [0.5, 0.6) is 0 Å². The predicted octanol–water partition coefficient (Wildman–Crippen LogP) is 2.84. The second kappa shape index (κ2) is 5.08. The number of hydrogen-bond acceptors (Lipinski definition) is 3. The SMILES string of the molecule is CC1CCC(C(N)Cc2nccs2)CC1. The summed E-state index contributed by atoms with van der Waals surface area (Å²) in [5.74, 6) is 1.64. The van der Waals surface area contributed by atoms with Crippen LogP contribution < -0.4 is 5.73 Å². The number of thiazole rings is 1. The van der Waals surface area contributed by atoms with Gasteiger partial charge in [0.2, 0.25) is 0 Å². The highest BCUT2D eigenvalue weighted by Crippen LogP contribution is 2.30. The molecule has 2 nitrogen and oxygen atoms in total. The van der Waals surface area contributed by atoms with Gasteiger partial charge >= 0.3 is 0 Å². The molecule has 2 N–H and O–H groups in total. The number of rotatable bonds is 3. The molecule has 1 aromatic rings. The fraction of sp³-hybridized carbons (Fsp3) is 0.750. The van der Waals surface area contributed by atoms with Crippen molar-refractivity contribution in [3.05, 3.63) is 16.6 Å². The molecule has 0 radical (unpaired) electrons. The Morgan fingerprint density at radius 2 is 2.20 bits per heavy atom. The van der Waals surface area contributed by atoms with Crippen LogP contribution in [0.1, 0.15) is 37.6 Å². The Hall–Kier alpha value is -0.410. The molecule has 1 unspecified atom stereocenters. The molecule has 1 aliphatic carbocycles. The van der Waals surface area contributed by atoms with Crippen LogP contribution in [-0.4, -0.2) is 11.0 Å². The number of nitrogens with two attached hydrogens (primary N) is 1. The van der Waals surface area contributed by atoms with Crippen LogP contribution in [0.4, 0.5) is 0 Å². The normalized spacial score (nSPS) is 28.9. The Morgan fingerprint density at radius 3 is 2.80 bits per heavy atom. The van der Waals surface area contributed by atoms with Gasteiger partial charge in [-0.1, -0.05) is 19.8 Å². The van der Waals surface area contributed by atoms with Gasteiger partial charge in [0.25, 0.3) is 0 Å². The molecule has 84 valence electrons. The first-order valence-electron chi connectivity index (χ1n) is 5.89. The zero-order valence-electron chi connectivity index (χ0n) is 9.36. The number of hydrogen-bond donors (Lipinski definition) is 1. The van der Waals surface area contributed by atoms with Crippen LogP contribution in [-0.2, 0) is 6.42 Å². The van der Waals surface area contributed by atoms with Gasteiger partial charge in [-0.3, -0.25) is 0 Å². The lowest BCUT2D eigenvalue weighted by atomic mass is 9.79. The molecular formula is C12H20N2S. The Labute approximate surface area is 95.9 Å². The van der Waals surface area contributed by atoms with Gasteiger partial charge in [-0.2, -0.15) is 0 Å². The number of aromatic nitrogens is 1. The van der Waals surface area contributed by atoms with Gasteiger partial charge in [-0.15, -0.1) is 11.3 Å². The van der Waals surface area contributed by atoms with Crippen molar-refractivity contribution in [3.63, 3.8) is 0 Å². The van der Waals surface area contributed by atoms with Crippen molar-refractivity contribution in [2.45, 2.75) is 45.1 Å².